The quantitative estimate of drug-likeness (QED) is 0.940. The van der Waals surface area contributed by atoms with Crippen molar-refractivity contribution in [1.29, 1.82) is 0 Å². The van der Waals surface area contributed by atoms with E-state index in [4.69, 9.17) is 0 Å². The molecule has 122 valence electrons. The second kappa shape index (κ2) is 6.68. The second-order valence-corrected chi connectivity index (χ2v) is 5.08. The zero-order valence-electron chi connectivity index (χ0n) is 12.3. The highest BCUT2D eigenvalue weighted by Gasteiger charge is 2.31. The molecule has 0 spiro atoms. The number of benzene rings is 1. The molecule has 1 aromatic heterocycles. The summed E-state index contributed by atoms with van der Waals surface area (Å²) in [5, 5.41) is 2.65. The minimum absolute atomic E-state index is 0.315. The number of hydrogen-bond acceptors (Lipinski definition) is 2. The Balaban J connectivity index is 2.10. The fraction of sp³-hybridized carbons (Fsp3) is 0.250. The van der Waals surface area contributed by atoms with Gasteiger partial charge in [0.05, 0.1) is 11.6 Å². The summed E-state index contributed by atoms with van der Waals surface area (Å²) in [6, 6.07) is 10.3. The van der Waals surface area contributed by atoms with Gasteiger partial charge >= 0.3 is 6.18 Å². The van der Waals surface area contributed by atoms with Crippen LogP contribution in [0, 0.1) is 0 Å². The van der Waals surface area contributed by atoms with Gasteiger partial charge in [0.25, 0.3) is 5.56 Å². The van der Waals surface area contributed by atoms with Gasteiger partial charge in [-0.05, 0) is 18.6 Å². The molecule has 0 saturated heterocycles. The van der Waals surface area contributed by atoms with E-state index in [2.05, 4.69) is 5.32 Å². The van der Waals surface area contributed by atoms with Crippen LogP contribution in [-0.4, -0.2) is 10.5 Å². The van der Waals surface area contributed by atoms with Crippen LogP contribution in [0.4, 0.5) is 13.2 Å². The molecule has 7 heteroatoms. The predicted octanol–water partition coefficient (Wildman–Crippen LogP) is 2.74. The van der Waals surface area contributed by atoms with E-state index in [0.717, 1.165) is 16.2 Å². The van der Waals surface area contributed by atoms with E-state index in [-0.39, 0.29) is 6.04 Å². The van der Waals surface area contributed by atoms with E-state index in [1.165, 1.54) is 0 Å². The molecule has 1 atom stereocenters. The first-order chi connectivity index (χ1) is 10.8. The van der Waals surface area contributed by atoms with Crippen molar-refractivity contribution in [3.05, 3.63) is 70.1 Å². The lowest BCUT2D eigenvalue weighted by atomic mass is 10.1. The van der Waals surface area contributed by atoms with Gasteiger partial charge in [-0.2, -0.15) is 13.2 Å². The first-order valence-electron chi connectivity index (χ1n) is 6.89. The van der Waals surface area contributed by atoms with E-state index < -0.39 is 29.8 Å². The number of pyridine rings is 1. The molecule has 2 aromatic rings. The molecule has 1 unspecified atom stereocenters. The van der Waals surface area contributed by atoms with Crippen LogP contribution < -0.4 is 10.9 Å². The second-order valence-electron chi connectivity index (χ2n) is 5.08. The van der Waals surface area contributed by atoms with Gasteiger partial charge in [-0.1, -0.05) is 30.3 Å². The summed E-state index contributed by atoms with van der Waals surface area (Å²) in [7, 11) is 0. The molecule has 0 aliphatic rings. The molecule has 23 heavy (non-hydrogen) atoms. The van der Waals surface area contributed by atoms with E-state index in [0.29, 0.717) is 12.3 Å². The monoisotopic (exact) mass is 324 g/mol. The van der Waals surface area contributed by atoms with Crippen molar-refractivity contribution in [1.82, 2.24) is 9.88 Å². The lowest BCUT2D eigenvalue weighted by molar-refractivity contribution is -0.138. The van der Waals surface area contributed by atoms with Crippen LogP contribution in [0.15, 0.2) is 53.5 Å². The van der Waals surface area contributed by atoms with Gasteiger partial charge in [0.2, 0.25) is 5.91 Å². The zero-order valence-corrected chi connectivity index (χ0v) is 12.3. The number of nitrogens with one attached hydrogen (secondary N) is 1. The molecule has 1 N–H and O–H groups in total. The fourth-order valence-electron chi connectivity index (χ4n) is 2.09. The summed E-state index contributed by atoms with van der Waals surface area (Å²) >= 11 is 0. The lowest BCUT2D eigenvalue weighted by Gasteiger charge is -2.15. The Labute approximate surface area is 130 Å². The highest BCUT2D eigenvalue weighted by molar-refractivity contribution is 5.76. The van der Waals surface area contributed by atoms with Crippen LogP contribution in [0.5, 0.6) is 0 Å². The molecular formula is C16H15F3N2O2. The van der Waals surface area contributed by atoms with Crippen LogP contribution in [0.1, 0.15) is 24.1 Å². The topological polar surface area (TPSA) is 51.1 Å². The molecule has 0 bridgehead atoms. The minimum atomic E-state index is -4.57. The molecule has 0 fully saturated rings. The number of carbonyl (C=O) groups excluding carboxylic acids is 1. The summed E-state index contributed by atoms with van der Waals surface area (Å²) in [5.41, 5.74) is -0.779. The Kier molecular flexibility index (Phi) is 4.88. The average Bonchev–Trinajstić information content (AvgIpc) is 2.49. The Hall–Kier alpha value is -2.57. The largest absolute Gasteiger partial charge is 0.417 e. The normalized spacial score (nSPS) is 12.7. The first kappa shape index (κ1) is 16.8. The minimum Gasteiger partial charge on any atom is -0.348 e. The van der Waals surface area contributed by atoms with E-state index in [9.17, 15) is 22.8 Å². The lowest BCUT2D eigenvalue weighted by Crippen LogP contribution is -2.34. The van der Waals surface area contributed by atoms with E-state index in [1.54, 1.807) is 6.92 Å². The maximum Gasteiger partial charge on any atom is 0.417 e. The summed E-state index contributed by atoms with van der Waals surface area (Å²) < 4.78 is 38.7. The highest BCUT2D eigenvalue weighted by Crippen LogP contribution is 2.27. The van der Waals surface area contributed by atoms with Gasteiger partial charge in [0.1, 0.15) is 6.54 Å². The maximum atomic E-state index is 12.7. The number of hydrogen-bond donors (Lipinski definition) is 1. The molecule has 0 aliphatic carbocycles. The van der Waals surface area contributed by atoms with Gasteiger partial charge < -0.3 is 9.88 Å². The third kappa shape index (κ3) is 4.45. The van der Waals surface area contributed by atoms with Crippen molar-refractivity contribution in [2.24, 2.45) is 0 Å². The number of carbonyl (C=O) groups is 1. The Morgan fingerprint density at radius 2 is 1.83 bits per heavy atom. The number of halogens is 3. The molecule has 1 amide bonds. The van der Waals surface area contributed by atoms with Crippen LogP contribution >= 0.6 is 0 Å². The summed E-state index contributed by atoms with van der Waals surface area (Å²) in [6.07, 6.45) is -3.92. The number of rotatable bonds is 4. The molecule has 0 saturated carbocycles. The van der Waals surface area contributed by atoms with Gasteiger partial charge in [-0.25, -0.2) is 0 Å². The third-order valence-electron chi connectivity index (χ3n) is 3.30. The van der Waals surface area contributed by atoms with Crippen molar-refractivity contribution in [3.63, 3.8) is 0 Å². The summed E-state index contributed by atoms with van der Waals surface area (Å²) in [5.74, 6) is -0.539. The van der Waals surface area contributed by atoms with Crippen LogP contribution in [-0.2, 0) is 17.5 Å². The Morgan fingerprint density at radius 3 is 2.43 bits per heavy atom. The van der Waals surface area contributed by atoms with Crippen molar-refractivity contribution in [2.45, 2.75) is 25.7 Å². The number of aromatic nitrogens is 1. The standard InChI is InChI=1S/C16H15F3N2O2/c1-11(12-5-3-2-4-6-12)20-14(22)10-21-9-13(16(17,18)19)7-8-15(21)23/h2-9,11H,10H2,1H3,(H,20,22). The molecule has 4 nitrogen and oxygen atoms in total. The van der Waals surface area contributed by atoms with E-state index in [1.807, 2.05) is 30.3 Å². The Bertz CT molecular complexity index is 739. The van der Waals surface area contributed by atoms with Crippen molar-refractivity contribution >= 4 is 5.91 Å². The summed E-state index contributed by atoms with van der Waals surface area (Å²) in [6.45, 7) is 1.28. The molecule has 2 rings (SSSR count). The molecule has 0 radical (unpaired) electrons. The maximum absolute atomic E-state index is 12.7. The molecule has 1 heterocycles. The number of nitrogens with zero attached hydrogens (tertiary/aromatic N) is 1. The van der Waals surface area contributed by atoms with Crippen LogP contribution in [0.2, 0.25) is 0 Å². The highest BCUT2D eigenvalue weighted by atomic mass is 19.4. The molecular weight excluding hydrogens is 309 g/mol. The van der Waals surface area contributed by atoms with Crippen molar-refractivity contribution in [2.75, 3.05) is 0 Å². The van der Waals surface area contributed by atoms with Crippen molar-refractivity contribution < 1.29 is 18.0 Å². The van der Waals surface area contributed by atoms with Crippen molar-refractivity contribution in [3.8, 4) is 0 Å². The molecule has 0 aliphatic heterocycles. The third-order valence-corrected chi connectivity index (χ3v) is 3.30. The summed E-state index contributed by atoms with van der Waals surface area (Å²) in [4.78, 5) is 23.6. The van der Waals surface area contributed by atoms with Gasteiger partial charge in [-0.3, -0.25) is 9.59 Å². The average molecular weight is 324 g/mol. The number of amides is 1. The smallest absolute Gasteiger partial charge is 0.348 e. The van der Waals surface area contributed by atoms with Crippen LogP contribution in [0.25, 0.3) is 0 Å². The van der Waals surface area contributed by atoms with Crippen LogP contribution in [0.3, 0.4) is 0 Å². The van der Waals surface area contributed by atoms with Gasteiger partial charge in [-0.15, -0.1) is 0 Å². The fourth-order valence-corrected chi connectivity index (χ4v) is 2.09. The predicted molar refractivity (Wildman–Crippen MR) is 78.7 cm³/mol. The van der Waals surface area contributed by atoms with Gasteiger partial charge in [0, 0.05) is 12.3 Å². The zero-order chi connectivity index (χ0) is 17.0. The Morgan fingerprint density at radius 1 is 1.17 bits per heavy atom. The van der Waals surface area contributed by atoms with Gasteiger partial charge in [0.15, 0.2) is 0 Å². The van der Waals surface area contributed by atoms with E-state index >= 15 is 0 Å². The number of alkyl halides is 3. The first-order valence-corrected chi connectivity index (χ1v) is 6.89. The SMILES string of the molecule is CC(NC(=O)Cn1cc(C(F)(F)F)ccc1=O)c1ccccc1. The molecule has 1 aromatic carbocycles.